The summed E-state index contributed by atoms with van der Waals surface area (Å²) in [6.07, 6.45) is 3.97. The van der Waals surface area contributed by atoms with E-state index in [4.69, 9.17) is 10.5 Å². The van der Waals surface area contributed by atoms with Crippen molar-refractivity contribution in [3.8, 4) is 5.88 Å². The first kappa shape index (κ1) is 12.0. The fourth-order valence-electron chi connectivity index (χ4n) is 2.40. The van der Waals surface area contributed by atoms with Crippen molar-refractivity contribution in [1.29, 1.82) is 0 Å². The molecule has 1 aliphatic rings. The van der Waals surface area contributed by atoms with Crippen molar-refractivity contribution in [3.63, 3.8) is 0 Å². The maximum Gasteiger partial charge on any atom is 0.225 e. The van der Waals surface area contributed by atoms with Gasteiger partial charge in [-0.25, -0.2) is 0 Å². The zero-order chi connectivity index (χ0) is 12.3. The summed E-state index contributed by atoms with van der Waals surface area (Å²) in [7, 11) is 1.57. The van der Waals surface area contributed by atoms with Crippen molar-refractivity contribution < 1.29 is 4.74 Å². The van der Waals surface area contributed by atoms with E-state index >= 15 is 0 Å². The van der Waals surface area contributed by atoms with Gasteiger partial charge in [0.25, 0.3) is 0 Å². The molecule has 5 heteroatoms. The van der Waals surface area contributed by atoms with Gasteiger partial charge in [-0.15, -0.1) is 0 Å². The van der Waals surface area contributed by atoms with Crippen molar-refractivity contribution in [2.75, 3.05) is 24.7 Å². The van der Waals surface area contributed by atoms with E-state index < -0.39 is 0 Å². The second-order valence-electron chi connectivity index (χ2n) is 4.70. The Morgan fingerprint density at radius 2 is 2.29 bits per heavy atom. The number of hydrogen-bond donors (Lipinski definition) is 2. The molecule has 0 aromatic carbocycles. The third kappa shape index (κ3) is 2.99. The van der Waals surface area contributed by atoms with Crippen molar-refractivity contribution in [3.05, 3.63) is 6.07 Å². The Kier molecular flexibility index (Phi) is 3.66. The Labute approximate surface area is 102 Å². The normalized spacial score (nSPS) is 23.6. The van der Waals surface area contributed by atoms with E-state index in [2.05, 4.69) is 22.2 Å². The van der Waals surface area contributed by atoms with Crippen LogP contribution in [0.3, 0.4) is 0 Å². The van der Waals surface area contributed by atoms with E-state index in [0.29, 0.717) is 5.88 Å². The van der Waals surface area contributed by atoms with Crippen molar-refractivity contribution >= 4 is 11.8 Å². The van der Waals surface area contributed by atoms with E-state index in [1.807, 2.05) is 0 Å². The molecule has 5 nitrogen and oxygen atoms in total. The number of nitrogens with two attached hydrogens (primary N) is 1. The van der Waals surface area contributed by atoms with E-state index in [9.17, 15) is 0 Å². The number of methoxy groups -OCH3 is 1. The molecule has 1 heterocycles. The lowest BCUT2D eigenvalue weighted by atomic mass is 9.98. The summed E-state index contributed by atoms with van der Waals surface area (Å²) in [6, 6.07) is 1.77. The van der Waals surface area contributed by atoms with Crippen molar-refractivity contribution in [2.45, 2.75) is 26.2 Å². The predicted molar refractivity (Wildman–Crippen MR) is 68.0 cm³/mol. The molecule has 0 radical (unpaired) electrons. The topological polar surface area (TPSA) is 73.1 Å². The average molecular weight is 236 g/mol. The summed E-state index contributed by atoms with van der Waals surface area (Å²) < 4.78 is 5.06. The first-order chi connectivity index (χ1) is 8.19. The summed E-state index contributed by atoms with van der Waals surface area (Å²) in [5.41, 5.74) is 5.60. The maximum absolute atomic E-state index is 5.60. The van der Waals surface area contributed by atoms with Gasteiger partial charge in [0.15, 0.2) is 0 Å². The lowest BCUT2D eigenvalue weighted by Gasteiger charge is -2.16. The molecule has 2 unspecified atom stereocenters. The standard InChI is InChI=1S/C12H20N4O/c1-8-4-3-5-9(8)7-14-10-6-11(17-2)16-12(13)15-10/h6,8-9H,3-5,7H2,1-2H3,(H3,13,14,15,16). The van der Waals surface area contributed by atoms with E-state index in [1.165, 1.54) is 19.3 Å². The van der Waals surface area contributed by atoms with Gasteiger partial charge in [0, 0.05) is 12.6 Å². The molecule has 0 spiro atoms. The highest BCUT2D eigenvalue weighted by Gasteiger charge is 2.22. The minimum atomic E-state index is 0.242. The Balaban J connectivity index is 1.96. The number of rotatable bonds is 4. The van der Waals surface area contributed by atoms with Crippen LogP contribution in [0.15, 0.2) is 6.07 Å². The van der Waals surface area contributed by atoms with Gasteiger partial charge in [-0.3, -0.25) is 0 Å². The first-order valence-corrected chi connectivity index (χ1v) is 6.11. The Morgan fingerprint density at radius 1 is 1.47 bits per heavy atom. The lowest BCUT2D eigenvalue weighted by molar-refractivity contribution is 0.397. The van der Waals surface area contributed by atoms with Gasteiger partial charge in [0.05, 0.1) is 7.11 Å². The van der Waals surface area contributed by atoms with Crippen LogP contribution in [-0.4, -0.2) is 23.6 Å². The quantitative estimate of drug-likeness (QED) is 0.835. The Morgan fingerprint density at radius 3 is 2.94 bits per heavy atom. The molecule has 1 fully saturated rings. The lowest BCUT2D eigenvalue weighted by Crippen LogP contribution is -2.17. The molecule has 2 atom stereocenters. The predicted octanol–water partition coefficient (Wildman–Crippen LogP) is 1.92. The monoisotopic (exact) mass is 236 g/mol. The van der Waals surface area contributed by atoms with Crippen LogP contribution in [0.25, 0.3) is 0 Å². The van der Waals surface area contributed by atoms with Crippen LogP contribution in [0.4, 0.5) is 11.8 Å². The van der Waals surface area contributed by atoms with Crippen LogP contribution in [0.5, 0.6) is 5.88 Å². The van der Waals surface area contributed by atoms with Gasteiger partial charge in [-0.05, 0) is 18.3 Å². The molecule has 0 aliphatic heterocycles. The second-order valence-corrected chi connectivity index (χ2v) is 4.70. The molecular weight excluding hydrogens is 216 g/mol. The zero-order valence-corrected chi connectivity index (χ0v) is 10.4. The van der Waals surface area contributed by atoms with E-state index in [1.54, 1.807) is 13.2 Å². The molecule has 0 saturated heterocycles. The highest BCUT2D eigenvalue weighted by Crippen LogP contribution is 2.31. The van der Waals surface area contributed by atoms with Crippen LogP contribution in [0.2, 0.25) is 0 Å². The molecule has 0 bridgehead atoms. The number of nitrogens with one attached hydrogen (secondary N) is 1. The van der Waals surface area contributed by atoms with Crippen molar-refractivity contribution in [2.24, 2.45) is 11.8 Å². The van der Waals surface area contributed by atoms with Gasteiger partial charge in [0.1, 0.15) is 5.82 Å². The summed E-state index contributed by atoms with van der Waals surface area (Å²) in [5, 5.41) is 3.32. The average Bonchev–Trinajstić information content (AvgIpc) is 2.71. The van der Waals surface area contributed by atoms with Crippen molar-refractivity contribution in [1.82, 2.24) is 9.97 Å². The molecule has 2 rings (SSSR count). The summed E-state index contributed by atoms with van der Waals surface area (Å²) >= 11 is 0. The first-order valence-electron chi connectivity index (χ1n) is 6.11. The van der Waals surface area contributed by atoms with Crippen LogP contribution in [0.1, 0.15) is 26.2 Å². The van der Waals surface area contributed by atoms with Crippen LogP contribution in [0, 0.1) is 11.8 Å². The molecule has 3 N–H and O–H groups in total. The summed E-state index contributed by atoms with van der Waals surface area (Å²) in [5.74, 6) is 3.01. The number of nitrogens with zero attached hydrogens (tertiary/aromatic N) is 2. The van der Waals surface area contributed by atoms with Gasteiger partial charge >= 0.3 is 0 Å². The molecule has 1 aliphatic carbocycles. The summed E-state index contributed by atoms with van der Waals surface area (Å²) in [6.45, 7) is 3.26. The second kappa shape index (κ2) is 5.21. The Bertz CT molecular complexity index is 383. The SMILES string of the molecule is COc1cc(NCC2CCCC2C)nc(N)n1. The number of ether oxygens (including phenoxy) is 1. The van der Waals surface area contributed by atoms with E-state index in [-0.39, 0.29) is 5.95 Å². The highest BCUT2D eigenvalue weighted by atomic mass is 16.5. The van der Waals surface area contributed by atoms with Crippen LogP contribution in [-0.2, 0) is 0 Å². The number of aromatic nitrogens is 2. The molecule has 1 aromatic heterocycles. The number of anilines is 2. The minimum absolute atomic E-state index is 0.242. The molecule has 0 amide bonds. The fraction of sp³-hybridized carbons (Fsp3) is 0.667. The molecule has 1 aromatic rings. The van der Waals surface area contributed by atoms with Gasteiger partial charge in [0.2, 0.25) is 11.8 Å². The molecular formula is C12H20N4O. The number of nitrogen functional groups attached to an aromatic ring is 1. The summed E-state index contributed by atoms with van der Waals surface area (Å²) in [4.78, 5) is 8.09. The van der Waals surface area contributed by atoms with Crippen LogP contribution < -0.4 is 15.8 Å². The van der Waals surface area contributed by atoms with Gasteiger partial charge < -0.3 is 15.8 Å². The van der Waals surface area contributed by atoms with Gasteiger partial charge in [-0.2, -0.15) is 9.97 Å². The Hall–Kier alpha value is -1.52. The smallest absolute Gasteiger partial charge is 0.225 e. The number of hydrogen-bond acceptors (Lipinski definition) is 5. The zero-order valence-electron chi connectivity index (χ0n) is 10.4. The largest absolute Gasteiger partial charge is 0.481 e. The van der Waals surface area contributed by atoms with Gasteiger partial charge in [-0.1, -0.05) is 19.8 Å². The minimum Gasteiger partial charge on any atom is -0.481 e. The fourth-order valence-corrected chi connectivity index (χ4v) is 2.40. The third-order valence-electron chi connectivity index (χ3n) is 3.51. The molecule has 94 valence electrons. The van der Waals surface area contributed by atoms with E-state index in [0.717, 1.165) is 24.2 Å². The highest BCUT2D eigenvalue weighted by molar-refractivity contribution is 5.42. The molecule has 17 heavy (non-hydrogen) atoms. The maximum atomic E-state index is 5.60. The van der Waals surface area contributed by atoms with Crippen LogP contribution >= 0.6 is 0 Å². The molecule has 1 saturated carbocycles. The third-order valence-corrected chi connectivity index (χ3v) is 3.51.